The van der Waals surface area contributed by atoms with Gasteiger partial charge in [-0.1, -0.05) is 18.2 Å². The lowest BCUT2D eigenvalue weighted by atomic mass is 10.1. The van der Waals surface area contributed by atoms with Crippen LogP contribution in [0.1, 0.15) is 27.0 Å². The molecule has 0 N–H and O–H groups in total. The van der Waals surface area contributed by atoms with E-state index in [9.17, 15) is 14.9 Å². The first kappa shape index (κ1) is 19.5. The van der Waals surface area contributed by atoms with Gasteiger partial charge >= 0.3 is 5.97 Å². The molecule has 0 radical (unpaired) electrons. The summed E-state index contributed by atoms with van der Waals surface area (Å²) in [6.07, 6.45) is 1.52. The number of Topliss-reactive ketones (excluding diaryl/α,β-unsaturated/α-hetero) is 1. The second-order valence-electron chi connectivity index (χ2n) is 6.48. The van der Waals surface area contributed by atoms with E-state index < -0.39 is 24.3 Å². The maximum absolute atomic E-state index is 12.8. The molecule has 0 aliphatic carbocycles. The number of pyridine rings is 1. The molecule has 0 fully saturated rings. The number of rotatable bonds is 6. The third-order valence-electron chi connectivity index (χ3n) is 4.39. The van der Waals surface area contributed by atoms with E-state index in [-0.39, 0.29) is 5.56 Å². The highest BCUT2D eigenvalue weighted by Gasteiger charge is 2.25. The van der Waals surface area contributed by atoms with Gasteiger partial charge < -0.3 is 9.15 Å². The van der Waals surface area contributed by atoms with Gasteiger partial charge in [0.05, 0.1) is 23.4 Å². The molecule has 0 aliphatic heterocycles. The number of fused-ring (bicyclic) bond motifs is 1. The first-order chi connectivity index (χ1) is 14.6. The summed E-state index contributed by atoms with van der Waals surface area (Å²) in [5.74, 6) is -1.76. The molecule has 0 saturated carbocycles. The first-order valence-corrected chi connectivity index (χ1v) is 9.90. The summed E-state index contributed by atoms with van der Waals surface area (Å²) < 4.78 is 10.6. The third-order valence-corrected chi connectivity index (χ3v) is 5.42. The van der Waals surface area contributed by atoms with Gasteiger partial charge in [0.15, 0.2) is 24.1 Å². The molecule has 0 amide bonds. The highest BCUT2D eigenvalue weighted by Crippen LogP contribution is 2.26. The third kappa shape index (κ3) is 3.83. The van der Waals surface area contributed by atoms with Gasteiger partial charge in [0, 0.05) is 16.5 Å². The van der Waals surface area contributed by atoms with Crippen molar-refractivity contribution in [1.82, 2.24) is 9.97 Å². The maximum Gasteiger partial charge on any atom is 0.339 e. The van der Waals surface area contributed by atoms with Gasteiger partial charge in [-0.15, -0.1) is 11.3 Å². The second kappa shape index (κ2) is 8.27. The average Bonchev–Trinajstić information content (AvgIpc) is 3.44. The van der Waals surface area contributed by atoms with Gasteiger partial charge in [0.2, 0.25) is 0 Å². The topological polar surface area (TPSA) is 106 Å². The fourth-order valence-electron chi connectivity index (χ4n) is 2.96. The van der Waals surface area contributed by atoms with Crippen molar-refractivity contribution in [2.24, 2.45) is 0 Å². The molecule has 8 heteroatoms. The number of carbonyl (C=O) groups excluding carboxylic acids is 2. The van der Waals surface area contributed by atoms with Crippen LogP contribution in [0.3, 0.4) is 0 Å². The number of aryl methyl sites for hydroxylation is 1. The Hall–Kier alpha value is -3.83. The van der Waals surface area contributed by atoms with Crippen molar-refractivity contribution in [2.45, 2.75) is 12.8 Å². The minimum atomic E-state index is -1.07. The fourth-order valence-corrected chi connectivity index (χ4v) is 3.82. The zero-order chi connectivity index (χ0) is 21.1. The summed E-state index contributed by atoms with van der Waals surface area (Å²) in [5.41, 5.74) is 2.06. The van der Waals surface area contributed by atoms with Crippen molar-refractivity contribution < 1.29 is 18.7 Å². The zero-order valence-corrected chi connectivity index (χ0v) is 16.7. The Balaban J connectivity index is 1.59. The molecule has 0 aliphatic rings. The quantitative estimate of drug-likeness (QED) is 0.431. The van der Waals surface area contributed by atoms with E-state index in [4.69, 9.17) is 9.15 Å². The SMILES string of the molecule is Cc1csc(C(C#N)C(=O)COC(=O)c2cc(-c3ccco3)nc3ccccc23)n1. The standard InChI is InChI=1S/C22H15N3O4S/c1-13-12-30-21(24-13)16(10-23)19(26)11-29-22(27)15-9-18(20-7-4-8-28-20)25-17-6-3-2-5-14(15)17/h2-9,12,16H,11H2,1H3. The van der Waals surface area contributed by atoms with E-state index in [1.807, 2.05) is 12.1 Å². The first-order valence-electron chi connectivity index (χ1n) is 9.02. The minimum absolute atomic E-state index is 0.262. The van der Waals surface area contributed by atoms with Crippen LogP contribution in [0.2, 0.25) is 0 Å². The van der Waals surface area contributed by atoms with Gasteiger partial charge in [-0.3, -0.25) is 4.79 Å². The average molecular weight is 417 g/mol. The smallest absolute Gasteiger partial charge is 0.339 e. The summed E-state index contributed by atoms with van der Waals surface area (Å²) in [4.78, 5) is 34.0. The van der Waals surface area contributed by atoms with Crippen molar-refractivity contribution in [3.8, 4) is 17.5 Å². The van der Waals surface area contributed by atoms with Crippen LogP contribution in [-0.4, -0.2) is 28.3 Å². The predicted octanol–water partition coefficient (Wildman–Crippen LogP) is 4.29. The predicted molar refractivity (Wildman–Crippen MR) is 110 cm³/mol. The molecule has 0 bridgehead atoms. The summed E-state index contributed by atoms with van der Waals surface area (Å²) in [5, 5.41) is 12.1. The van der Waals surface area contributed by atoms with Crippen LogP contribution < -0.4 is 0 Å². The van der Waals surface area contributed by atoms with Crippen LogP contribution in [-0.2, 0) is 9.53 Å². The van der Waals surface area contributed by atoms with E-state index in [0.29, 0.717) is 27.4 Å². The number of ether oxygens (including phenoxy) is 1. The normalized spacial score (nSPS) is 11.7. The number of nitrogens with zero attached hydrogens (tertiary/aromatic N) is 3. The van der Waals surface area contributed by atoms with E-state index in [2.05, 4.69) is 9.97 Å². The Morgan fingerprint density at radius 2 is 2.07 bits per heavy atom. The number of para-hydroxylation sites is 1. The second-order valence-corrected chi connectivity index (χ2v) is 7.37. The van der Waals surface area contributed by atoms with E-state index in [1.165, 1.54) is 17.6 Å². The van der Waals surface area contributed by atoms with Crippen LogP contribution >= 0.6 is 11.3 Å². The Morgan fingerprint density at radius 3 is 2.77 bits per heavy atom. The Morgan fingerprint density at radius 1 is 1.23 bits per heavy atom. The number of nitriles is 1. The van der Waals surface area contributed by atoms with Crippen molar-refractivity contribution in [1.29, 1.82) is 5.26 Å². The fraction of sp³-hybridized carbons (Fsp3) is 0.136. The molecule has 148 valence electrons. The number of furan rings is 1. The Bertz CT molecular complexity index is 1270. The monoisotopic (exact) mass is 417 g/mol. The molecule has 0 spiro atoms. The molecule has 30 heavy (non-hydrogen) atoms. The van der Waals surface area contributed by atoms with Gasteiger partial charge in [0.1, 0.15) is 10.7 Å². The summed E-state index contributed by atoms with van der Waals surface area (Å²) in [6, 6.07) is 14.1. The number of hydrogen-bond acceptors (Lipinski definition) is 8. The molecule has 1 unspecified atom stereocenters. The highest BCUT2D eigenvalue weighted by atomic mass is 32.1. The number of hydrogen-bond donors (Lipinski definition) is 0. The molecular weight excluding hydrogens is 402 g/mol. The van der Waals surface area contributed by atoms with Crippen LogP contribution in [0.25, 0.3) is 22.4 Å². The molecule has 1 atom stereocenters. The van der Waals surface area contributed by atoms with Crippen molar-refractivity contribution in [2.75, 3.05) is 6.61 Å². The summed E-state index contributed by atoms with van der Waals surface area (Å²) in [7, 11) is 0. The number of carbonyl (C=O) groups is 2. The van der Waals surface area contributed by atoms with Gasteiger partial charge in [0.25, 0.3) is 0 Å². The molecule has 4 rings (SSSR count). The van der Waals surface area contributed by atoms with Gasteiger partial charge in [-0.25, -0.2) is 14.8 Å². The summed E-state index contributed by atoms with van der Waals surface area (Å²) >= 11 is 1.23. The van der Waals surface area contributed by atoms with Crippen LogP contribution in [0.5, 0.6) is 0 Å². The molecule has 3 heterocycles. The molecule has 7 nitrogen and oxygen atoms in total. The molecule has 1 aromatic carbocycles. The van der Waals surface area contributed by atoms with Crippen LogP contribution in [0.15, 0.2) is 58.5 Å². The number of aromatic nitrogens is 2. The van der Waals surface area contributed by atoms with E-state index in [0.717, 1.165) is 5.69 Å². The van der Waals surface area contributed by atoms with Gasteiger partial charge in [-0.2, -0.15) is 5.26 Å². The maximum atomic E-state index is 12.8. The summed E-state index contributed by atoms with van der Waals surface area (Å²) in [6.45, 7) is 1.26. The lowest BCUT2D eigenvalue weighted by molar-refractivity contribution is -0.122. The zero-order valence-electron chi connectivity index (χ0n) is 15.9. The Kier molecular flexibility index (Phi) is 5.37. The molecule has 3 aromatic heterocycles. The van der Waals surface area contributed by atoms with Gasteiger partial charge in [-0.05, 0) is 31.2 Å². The minimum Gasteiger partial charge on any atom is -0.463 e. The van der Waals surface area contributed by atoms with Crippen LogP contribution in [0.4, 0.5) is 0 Å². The largest absolute Gasteiger partial charge is 0.463 e. The highest BCUT2D eigenvalue weighted by molar-refractivity contribution is 7.09. The number of thiazole rings is 1. The lowest BCUT2D eigenvalue weighted by Gasteiger charge is -2.10. The van der Waals surface area contributed by atoms with Crippen molar-refractivity contribution >= 4 is 34.0 Å². The number of benzene rings is 1. The molecule has 0 saturated heterocycles. The van der Waals surface area contributed by atoms with Crippen LogP contribution in [0, 0.1) is 18.3 Å². The lowest BCUT2D eigenvalue weighted by Crippen LogP contribution is -2.20. The number of esters is 1. The number of ketones is 1. The van der Waals surface area contributed by atoms with Crippen molar-refractivity contribution in [3.63, 3.8) is 0 Å². The van der Waals surface area contributed by atoms with E-state index >= 15 is 0 Å². The van der Waals surface area contributed by atoms with E-state index in [1.54, 1.807) is 48.7 Å². The van der Waals surface area contributed by atoms with Crippen molar-refractivity contribution in [3.05, 3.63) is 70.4 Å². The molecular formula is C22H15N3O4S. The Labute approximate surface area is 175 Å². The molecule has 4 aromatic rings.